The van der Waals surface area contributed by atoms with Gasteiger partial charge < -0.3 is 14.6 Å². The summed E-state index contributed by atoms with van der Waals surface area (Å²) in [6.45, 7) is 2.53. The quantitative estimate of drug-likeness (QED) is 0.649. The zero-order valence-electron chi connectivity index (χ0n) is 8.03. The molecule has 0 radical (unpaired) electrons. The molecule has 0 spiro atoms. The van der Waals surface area contributed by atoms with Crippen molar-refractivity contribution >= 4 is 5.97 Å². The third-order valence-electron chi connectivity index (χ3n) is 2.49. The van der Waals surface area contributed by atoms with E-state index in [0.717, 1.165) is 19.4 Å². The summed E-state index contributed by atoms with van der Waals surface area (Å²) in [6.07, 6.45) is 0.847. The highest BCUT2D eigenvalue weighted by Gasteiger charge is 2.32. The van der Waals surface area contributed by atoms with Gasteiger partial charge in [-0.05, 0) is 12.8 Å². The second-order valence-electron chi connectivity index (χ2n) is 3.38. The van der Waals surface area contributed by atoms with E-state index in [1.807, 2.05) is 0 Å². The lowest BCUT2D eigenvalue weighted by molar-refractivity contribution is -0.155. The summed E-state index contributed by atoms with van der Waals surface area (Å²) in [5, 5.41) is 9.49. The Labute approximate surface area is 77.8 Å². The number of esters is 1. The summed E-state index contributed by atoms with van der Waals surface area (Å²) >= 11 is 0. The first-order valence-electron chi connectivity index (χ1n) is 4.54. The molecule has 1 aliphatic heterocycles. The highest BCUT2D eigenvalue weighted by Crippen LogP contribution is 2.22. The van der Waals surface area contributed by atoms with Crippen molar-refractivity contribution in [2.24, 2.45) is 5.92 Å². The molecule has 1 saturated heterocycles. The zero-order chi connectivity index (χ0) is 9.84. The fourth-order valence-corrected chi connectivity index (χ4v) is 1.56. The zero-order valence-corrected chi connectivity index (χ0v) is 8.03. The molecule has 0 aromatic heterocycles. The van der Waals surface area contributed by atoms with Crippen LogP contribution in [0.25, 0.3) is 0 Å². The van der Waals surface area contributed by atoms with Crippen molar-refractivity contribution in [3.63, 3.8) is 0 Å². The minimum Gasteiger partial charge on any atom is -0.467 e. The van der Waals surface area contributed by atoms with Crippen molar-refractivity contribution in [1.82, 2.24) is 0 Å². The van der Waals surface area contributed by atoms with Gasteiger partial charge in [0.25, 0.3) is 0 Å². The summed E-state index contributed by atoms with van der Waals surface area (Å²) in [6, 6.07) is 0. The second kappa shape index (κ2) is 4.58. The average Bonchev–Trinajstić information content (AvgIpc) is 2.67. The summed E-state index contributed by atoms with van der Waals surface area (Å²) in [5.74, 6) is -0.766. The molecule has 1 aliphatic rings. The van der Waals surface area contributed by atoms with E-state index < -0.39 is 12.1 Å². The summed E-state index contributed by atoms with van der Waals surface area (Å²) in [5.41, 5.74) is 0. The average molecular weight is 188 g/mol. The van der Waals surface area contributed by atoms with E-state index in [1.165, 1.54) is 7.11 Å². The van der Waals surface area contributed by atoms with Crippen LogP contribution in [0.2, 0.25) is 0 Å². The summed E-state index contributed by atoms with van der Waals surface area (Å²) in [7, 11) is 1.27. The first kappa shape index (κ1) is 10.5. The maximum absolute atomic E-state index is 11.0. The molecule has 3 unspecified atom stereocenters. The van der Waals surface area contributed by atoms with Crippen LogP contribution in [0.15, 0.2) is 0 Å². The van der Waals surface area contributed by atoms with Crippen molar-refractivity contribution in [2.75, 3.05) is 13.7 Å². The Bertz CT molecular complexity index is 174. The molecule has 1 N–H and O–H groups in total. The van der Waals surface area contributed by atoms with Crippen LogP contribution in [0.1, 0.15) is 19.8 Å². The summed E-state index contributed by atoms with van der Waals surface area (Å²) in [4.78, 5) is 11.0. The number of aliphatic hydroxyl groups is 1. The number of ether oxygens (including phenoxy) is 2. The minimum absolute atomic E-state index is 0.00546. The highest BCUT2D eigenvalue weighted by molar-refractivity contribution is 5.74. The van der Waals surface area contributed by atoms with E-state index in [4.69, 9.17) is 4.74 Å². The normalized spacial score (nSPS) is 26.8. The van der Waals surface area contributed by atoms with Crippen LogP contribution in [0, 0.1) is 5.92 Å². The van der Waals surface area contributed by atoms with Crippen LogP contribution in [0.4, 0.5) is 0 Å². The Balaban J connectivity index is 2.45. The van der Waals surface area contributed by atoms with E-state index in [2.05, 4.69) is 4.74 Å². The molecule has 76 valence electrons. The van der Waals surface area contributed by atoms with Crippen molar-refractivity contribution in [3.8, 4) is 0 Å². The van der Waals surface area contributed by atoms with Crippen LogP contribution >= 0.6 is 0 Å². The predicted molar refractivity (Wildman–Crippen MR) is 46.2 cm³/mol. The molecule has 0 aliphatic carbocycles. The molecule has 0 aromatic carbocycles. The van der Waals surface area contributed by atoms with Gasteiger partial charge in [0.15, 0.2) is 6.10 Å². The van der Waals surface area contributed by atoms with E-state index >= 15 is 0 Å². The van der Waals surface area contributed by atoms with E-state index in [9.17, 15) is 9.90 Å². The largest absolute Gasteiger partial charge is 0.467 e. The second-order valence-corrected chi connectivity index (χ2v) is 3.38. The van der Waals surface area contributed by atoms with Crippen LogP contribution < -0.4 is 0 Å². The SMILES string of the molecule is COC(=O)C(O)C(C)C1CCCO1. The van der Waals surface area contributed by atoms with E-state index in [0.29, 0.717) is 0 Å². The molecule has 1 rings (SSSR count). The molecular formula is C9H16O4. The topological polar surface area (TPSA) is 55.8 Å². The molecule has 4 nitrogen and oxygen atoms in total. The first-order valence-corrected chi connectivity index (χ1v) is 4.54. The Hall–Kier alpha value is -0.610. The first-order chi connectivity index (χ1) is 6.16. The maximum atomic E-state index is 11.0. The van der Waals surface area contributed by atoms with Crippen molar-refractivity contribution in [3.05, 3.63) is 0 Å². The fourth-order valence-electron chi connectivity index (χ4n) is 1.56. The fraction of sp³-hybridized carbons (Fsp3) is 0.889. The van der Waals surface area contributed by atoms with Gasteiger partial charge in [-0.2, -0.15) is 0 Å². The lowest BCUT2D eigenvalue weighted by Crippen LogP contribution is -2.35. The third kappa shape index (κ3) is 2.42. The number of aliphatic hydroxyl groups excluding tert-OH is 1. The van der Waals surface area contributed by atoms with Gasteiger partial charge in [-0.1, -0.05) is 6.92 Å². The number of rotatable bonds is 3. The monoisotopic (exact) mass is 188 g/mol. The van der Waals surface area contributed by atoms with Crippen molar-refractivity contribution in [1.29, 1.82) is 0 Å². The minimum atomic E-state index is -1.06. The molecule has 13 heavy (non-hydrogen) atoms. The predicted octanol–water partition coefficient (Wildman–Crippen LogP) is 0.335. The molecule has 0 aromatic rings. The number of methoxy groups -OCH3 is 1. The highest BCUT2D eigenvalue weighted by atomic mass is 16.5. The number of carbonyl (C=O) groups excluding carboxylic acids is 1. The molecule has 0 bridgehead atoms. The number of hydrogen-bond donors (Lipinski definition) is 1. The van der Waals surface area contributed by atoms with Gasteiger partial charge in [0, 0.05) is 12.5 Å². The van der Waals surface area contributed by atoms with Gasteiger partial charge in [0.1, 0.15) is 0 Å². The molecule has 1 fully saturated rings. The molecule has 0 saturated carbocycles. The van der Waals surface area contributed by atoms with Crippen LogP contribution in [0.5, 0.6) is 0 Å². The van der Waals surface area contributed by atoms with Gasteiger partial charge in [-0.3, -0.25) is 0 Å². The van der Waals surface area contributed by atoms with E-state index in [1.54, 1.807) is 6.92 Å². The van der Waals surface area contributed by atoms with Crippen LogP contribution in [-0.4, -0.2) is 37.0 Å². The molecular weight excluding hydrogens is 172 g/mol. The Morgan fingerprint density at radius 2 is 2.38 bits per heavy atom. The number of carbonyl (C=O) groups is 1. The van der Waals surface area contributed by atoms with Gasteiger partial charge >= 0.3 is 5.97 Å². The smallest absolute Gasteiger partial charge is 0.335 e. The lowest BCUT2D eigenvalue weighted by atomic mass is 9.96. The van der Waals surface area contributed by atoms with Gasteiger partial charge in [0.05, 0.1) is 13.2 Å². The molecule has 4 heteroatoms. The van der Waals surface area contributed by atoms with Crippen molar-refractivity contribution < 1.29 is 19.4 Å². The van der Waals surface area contributed by atoms with E-state index in [-0.39, 0.29) is 12.0 Å². The standard InChI is InChI=1S/C9H16O4/c1-6(7-4-3-5-13-7)8(10)9(11)12-2/h6-8,10H,3-5H2,1-2H3. The lowest BCUT2D eigenvalue weighted by Gasteiger charge is -2.21. The van der Waals surface area contributed by atoms with Crippen LogP contribution in [-0.2, 0) is 14.3 Å². The van der Waals surface area contributed by atoms with Gasteiger partial charge in [-0.25, -0.2) is 4.79 Å². The van der Waals surface area contributed by atoms with Gasteiger partial charge in [0.2, 0.25) is 0 Å². The molecule has 0 amide bonds. The van der Waals surface area contributed by atoms with Crippen LogP contribution in [0.3, 0.4) is 0 Å². The molecule has 3 atom stereocenters. The summed E-state index contributed by atoms with van der Waals surface area (Å²) < 4.78 is 9.81. The maximum Gasteiger partial charge on any atom is 0.335 e. The Kier molecular flexibility index (Phi) is 3.69. The van der Waals surface area contributed by atoms with Crippen molar-refractivity contribution in [2.45, 2.75) is 32.0 Å². The Morgan fingerprint density at radius 1 is 1.69 bits per heavy atom. The number of hydrogen-bond acceptors (Lipinski definition) is 4. The third-order valence-corrected chi connectivity index (χ3v) is 2.49. The molecule has 1 heterocycles. The van der Waals surface area contributed by atoms with Gasteiger partial charge in [-0.15, -0.1) is 0 Å². The Morgan fingerprint density at radius 3 is 2.85 bits per heavy atom.